The van der Waals surface area contributed by atoms with Crippen LogP contribution in [0.4, 0.5) is 0 Å². The Morgan fingerprint density at radius 2 is 1.50 bits per heavy atom. The molecule has 0 atom stereocenters. The maximum Gasteiger partial charge on any atom is 0.00642 e. The highest BCUT2D eigenvalue weighted by molar-refractivity contribution is 4.79. The molecule has 1 aliphatic carbocycles. The van der Waals surface area contributed by atoms with Gasteiger partial charge >= 0.3 is 0 Å². The van der Waals surface area contributed by atoms with E-state index in [0.29, 0.717) is 0 Å². The topological polar surface area (TPSA) is 15.3 Å². The summed E-state index contributed by atoms with van der Waals surface area (Å²) < 4.78 is 0. The van der Waals surface area contributed by atoms with Gasteiger partial charge in [0.2, 0.25) is 0 Å². The molecule has 0 bridgehead atoms. The lowest BCUT2D eigenvalue weighted by Gasteiger charge is -2.34. The molecule has 0 aromatic rings. The van der Waals surface area contributed by atoms with E-state index in [2.05, 4.69) is 24.3 Å². The third kappa shape index (κ3) is 3.46. The number of nitrogens with one attached hydrogen (secondary N) is 1. The lowest BCUT2D eigenvalue weighted by atomic mass is 9.78. The molecule has 0 spiro atoms. The minimum Gasteiger partial charge on any atom is -0.317 e. The second-order valence-electron chi connectivity index (χ2n) is 5.99. The van der Waals surface area contributed by atoms with Crippen molar-refractivity contribution in [2.24, 2.45) is 11.8 Å². The van der Waals surface area contributed by atoms with E-state index in [9.17, 15) is 0 Å². The van der Waals surface area contributed by atoms with E-state index in [0.717, 1.165) is 17.9 Å². The van der Waals surface area contributed by atoms with Crippen molar-refractivity contribution in [1.29, 1.82) is 0 Å². The van der Waals surface area contributed by atoms with Gasteiger partial charge in [0.05, 0.1) is 0 Å². The number of hydrogen-bond acceptors (Lipinski definition) is 2. The molecule has 1 saturated carbocycles. The highest BCUT2D eigenvalue weighted by Gasteiger charge is 2.24. The predicted molar refractivity (Wildman–Crippen MR) is 69.6 cm³/mol. The Kier molecular flexibility index (Phi) is 4.66. The summed E-state index contributed by atoms with van der Waals surface area (Å²) in [6.45, 7) is 2.66. The quantitative estimate of drug-likeness (QED) is 0.792. The van der Waals surface area contributed by atoms with Gasteiger partial charge in [-0.05, 0) is 84.0 Å². The zero-order valence-corrected chi connectivity index (χ0v) is 11.0. The molecule has 0 radical (unpaired) electrons. The predicted octanol–water partition coefficient (Wildman–Crippen LogP) is 2.50. The van der Waals surface area contributed by atoms with E-state index < -0.39 is 0 Å². The molecule has 0 unspecified atom stereocenters. The third-order valence-electron chi connectivity index (χ3n) is 4.76. The van der Waals surface area contributed by atoms with Gasteiger partial charge in [0.15, 0.2) is 0 Å². The fraction of sp³-hybridized carbons (Fsp3) is 1.00. The smallest absolute Gasteiger partial charge is 0.00642 e. The third-order valence-corrected chi connectivity index (χ3v) is 4.76. The number of hydrogen-bond donors (Lipinski definition) is 1. The Morgan fingerprint density at radius 1 is 0.938 bits per heavy atom. The van der Waals surface area contributed by atoms with Crippen LogP contribution in [0, 0.1) is 11.8 Å². The second-order valence-corrected chi connectivity index (χ2v) is 5.99. The van der Waals surface area contributed by atoms with Crippen LogP contribution in [-0.2, 0) is 0 Å². The molecule has 16 heavy (non-hydrogen) atoms. The normalized spacial score (nSPS) is 34.1. The molecule has 1 heterocycles. The van der Waals surface area contributed by atoms with E-state index in [1.165, 1.54) is 58.0 Å². The van der Waals surface area contributed by atoms with Crippen molar-refractivity contribution in [2.45, 2.75) is 51.0 Å². The van der Waals surface area contributed by atoms with Gasteiger partial charge in [-0.15, -0.1) is 0 Å². The Bertz CT molecular complexity index is 189. The van der Waals surface area contributed by atoms with Crippen molar-refractivity contribution < 1.29 is 0 Å². The maximum atomic E-state index is 3.43. The first-order chi connectivity index (χ1) is 7.78. The van der Waals surface area contributed by atoms with Gasteiger partial charge in [-0.2, -0.15) is 0 Å². The summed E-state index contributed by atoms with van der Waals surface area (Å²) in [5.74, 6) is 2.07. The minimum absolute atomic E-state index is 0.814. The van der Waals surface area contributed by atoms with Gasteiger partial charge < -0.3 is 10.2 Å². The van der Waals surface area contributed by atoms with Crippen LogP contribution in [0.15, 0.2) is 0 Å². The van der Waals surface area contributed by atoms with E-state index in [-0.39, 0.29) is 0 Å². The fourth-order valence-electron chi connectivity index (χ4n) is 3.46. The van der Waals surface area contributed by atoms with Gasteiger partial charge in [-0.25, -0.2) is 0 Å². The van der Waals surface area contributed by atoms with Crippen LogP contribution in [0.3, 0.4) is 0 Å². The molecule has 94 valence electrons. The molecule has 2 heteroatoms. The van der Waals surface area contributed by atoms with Gasteiger partial charge in [0.25, 0.3) is 0 Å². The largest absolute Gasteiger partial charge is 0.317 e. The Balaban J connectivity index is 1.66. The second kappa shape index (κ2) is 6.02. The van der Waals surface area contributed by atoms with Gasteiger partial charge in [-0.3, -0.25) is 0 Å². The van der Waals surface area contributed by atoms with E-state index >= 15 is 0 Å². The lowest BCUT2D eigenvalue weighted by Crippen LogP contribution is -2.33. The van der Waals surface area contributed by atoms with Gasteiger partial charge in [-0.1, -0.05) is 0 Å². The Morgan fingerprint density at radius 3 is 2.06 bits per heavy atom. The lowest BCUT2D eigenvalue weighted by molar-refractivity contribution is 0.175. The molecule has 2 fully saturated rings. The zero-order chi connectivity index (χ0) is 11.4. The molecule has 1 aliphatic heterocycles. The summed E-state index contributed by atoms with van der Waals surface area (Å²) >= 11 is 0. The van der Waals surface area contributed by atoms with Crippen molar-refractivity contribution in [3.8, 4) is 0 Å². The van der Waals surface area contributed by atoms with Crippen molar-refractivity contribution >= 4 is 0 Å². The van der Waals surface area contributed by atoms with E-state index in [4.69, 9.17) is 0 Å². The minimum atomic E-state index is 0.814. The first kappa shape index (κ1) is 12.4. The summed E-state index contributed by atoms with van der Waals surface area (Å²) in [6, 6.07) is 0.814. The molecule has 2 aliphatic rings. The van der Waals surface area contributed by atoms with Crippen LogP contribution in [0.2, 0.25) is 0 Å². The zero-order valence-electron chi connectivity index (χ0n) is 11.0. The van der Waals surface area contributed by atoms with Crippen LogP contribution in [-0.4, -0.2) is 38.1 Å². The summed E-state index contributed by atoms with van der Waals surface area (Å²) in [5.41, 5.74) is 0. The summed E-state index contributed by atoms with van der Waals surface area (Å²) in [6.07, 6.45) is 10.2. The first-order valence-electron chi connectivity index (χ1n) is 7.13. The molecule has 2 nitrogen and oxygen atoms in total. The van der Waals surface area contributed by atoms with Crippen LogP contribution in [0.1, 0.15) is 44.9 Å². The molecule has 0 amide bonds. The van der Waals surface area contributed by atoms with Crippen molar-refractivity contribution in [3.63, 3.8) is 0 Å². The molecule has 0 aromatic carbocycles. The van der Waals surface area contributed by atoms with Crippen molar-refractivity contribution in [3.05, 3.63) is 0 Å². The standard InChI is InChI=1S/C14H28N2/c1-15-14-5-3-12(4-6-14)11-13-7-9-16(2)10-8-13/h12-15H,3-11H2,1-2H3. The molecule has 0 aromatic heterocycles. The van der Waals surface area contributed by atoms with Crippen molar-refractivity contribution in [1.82, 2.24) is 10.2 Å². The van der Waals surface area contributed by atoms with Crippen LogP contribution < -0.4 is 5.32 Å². The summed E-state index contributed by atoms with van der Waals surface area (Å²) in [5, 5.41) is 3.43. The van der Waals surface area contributed by atoms with Gasteiger partial charge in [0.1, 0.15) is 0 Å². The molecule has 1 N–H and O–H groups in total. The van der Waals surface area contributed by atoms with Crippen LogP contribution in [0.25, 0.3) is 0 Å². The molecule has 2 rings (SSSR count). The Labute approximate surface area is 101 Å². The van der Waals surface area contributed by atoms with E-state index in [1.807, 2.05) is 0 Å². The highest BCUT2D eigenvalue weighted by atomic mass is 15.1. The summed E-state index contributed by atoms with van der Waals surface area (Å²) in [7, 11) is 4.37. The van der Waals surface area contributed by atoms with Crippen LogP contribution >= 0.6 is 0 Å². The number of likely N-dealkylation sites (tertiary alicyclic amines) is 1. The average molecular weight is 224 g/mol. The van der Waals surface area contributed by atoms with Crippen LogP contribution in [0.5, 0.6) is 0 Å². The molecular formula is C14H28N2. The Hall–Kier alpha value is -0.0800. The SMILES string of the molecule is CNC1CCC(CC2CCN(C)CC2)CC1. The maximum absolute atomic E-state index is 3.43. The fourth-order valence-corrected chi connectivity index (χ4v) is 3.46. The van der Waals surface area contributed by atoms with Gasteiger partial charge in [0, 0.05) is 6.04 Å². The molecule has 1 saturated heterocycles. The molecular weight excluding hydrogens is 196 g/mol. The monoisotopic (exact) mass is 224 g/mol. The van der Waals surface area contributed by atoms with Crippen molar-refractivity contribution in [2.75, 3.05) is 27.2 Å². The van der Waals surface area contributed by atoms with E-state index in [1.54, 1.807) is 0 Å². The summed E-state index contributed by atoms with van der Waals surface area (Å²) in [4.78, 5) is 2.48. The number of nitrogens with zero attached hydrogens (tertiary/aromatic N) is 1. The highest BCUT2D eigenvalue weighted by Crippen LogP contribution is 2.32. The first-order valence-corrected chi connectivity index (χ1v) is 7.13. The number of rotatable bonds is 3. The average Bonchev–Trinajstić information content (AvgIpc) is 2.33. The number of piperidine rings is 1.